The van der Waals surface area contributed by atoms with E-state index in [1.54, 1.807) is 18.0 Å². The van der Waals surface area contributed by atoms with Crippen LogP contribution >= 0.6 is 11.8 Å². The summed E-state index contributed by atoms with van der Waals surface area (Å²) in [6.07, 6.45) is 1.26. The zero-order valence-corrected chi connectivity index (χ0v) is 12.7. The van der Waals surface area contributed by atoms with Gasteiger partial charge in [0.15, 0.2) is 0 Å². The van der Waals surface area contributed by atoms with Gasteiger partial charge in [0.25, 0.3) is 0 Å². The van der Waals surface area contributed by atoms with Gasteiger partial charge in [-0.3, -0.25) is 4.98 Å². The molecule has 3 aromatic rings. The highest BCUT2D eigenvalue weighted by molar-refractivity contribution is 7.99. The van der Waals surface area contributed by atoms with Crippen LogP contribution in [0.15, 0.2) is 65.7 Å². The van der Waals surface area contributed by atoms with Crippen LogP contribution < -0.4 is 0 Å². The second-order valence-electron chi connectivity index (χ2n) is 5.10. The van der Waals surface area contributed by atoms with Crippen LogP contribution in [0.25, 0.3) is 10.9 Å². The van der Waals surface area contributed by atoms with Crippen LogP contribution in [0, 0.1) is 6.92 Å². The number of hydrogen-bond donors (Lipinski definition) is 1. The van der Waals surface area contributed by atoms with Crippen LogP contribution in [-0.4, -0.2) is 15.8 Å². The number of aryl methyl sites for hydroxylation is 1. The van der Waals surface area contributed by atoms with Crippen LogP contribution in [0.5, 0.6) is 0 Å². The Bertz CT molecular complexity index is 740. The monoisotopic (exact) mass is 295 g/mol. The largest absolute Gasteiger partial charge is 0.387 e. The van der Waals surface area contributed by atoms with Crippen LogP contribution in [-0.2, 0) is 0 Å². The lowest BCUT2D eigenvalue weighted by molar-refractivity contribution is 0.204. The van der Waals surface area contributed by atoms with Crippen molar-refractivity contribution in [3.05, 3.63) is 71.9 Å². The number of para-hydroxylation sites is 1. The van der Waals surface area contributed by atoms with E-state index in [1.807, 2.05) is 30.3 Å². The third-order valence-electron chi connectivity index (χ3n) is 3.43. The van der Waals surface area contributed by atoms with Gasteiger partial charge in [-0.1, -0.05) is 35.9 Å². The maximum Gasteiger partial charge on any atom is 0.0898 e. The molecule has 106 valence electrons. The average molecular weight is 295 g/mol. The van der Waals surface area contributed by atoms with Crippen molar-refractivity contribution in [2.45, 2.75) is 17.9 Å². The maximum absolute atomic E-state index is 10.3. The predicted molar refractivity (Wildman–Crippen MR) is 88.6 cm³/mol. The third-order valence-corrected chi connectivity index (χ3v) is 4.51. The quantitative estimate of drug-likeness (QED) is 0.726. The van der Waals surface area contributed by atoms with Crippen molar-refractivity contribution in [1.29, 1.82) is 0 Å². The number of fused-ring (bicyclic) bond motifs is 1. The number of pyridine rings is 1. The molecule has 1 atom stereocenters. The zero-order valence-electron chi connectivity index (χ0n) is 11.9. The number of aromatic nitrogens is 1. The fourth-order valence-electron chi connectivity index (χ4n) is 2.18. The van der Waals surface area contributed by atoms with Gasteiger partial charge >= 0.3 is 0 Å². The first-order valence-electron chi connectivity index (χ1n) is 6.94. The van der Waals surface area contributed by atoms with Gasteiger partial charge in [0, 0.05) is 27.8 Å². The second-order valence-corrected chi connectivity index (χ2v) is 6.19. The first-order chi connectivity index (χ1) is 10.2. The molecule has 0 spiro atoms. The lowest BCUT2D eigenvalue weighted by Crippen LogP contribution is -2.01. The minimum atomic E-state index is -0.506. The Morgan fingerprint density at radius 2 is 1.86 bits per heavy atom. The Morgan fingerprint density at radius 3 is 2.67 bits per heavy atom. The summed E-state index contributed by atoms with van der Waals surface area (Å²) < 4.78 is 0. The van der Waals surface area contributed by atoms with E-state index in [9.17, 15) is 5.11 Å². The molecule has 3 rings (SSSR count). The molecule has 0 aliphatic carbocycles. The van der Waals surface area contributed by atoms with Crippen molar-refractivity contribution in [3.8, 4) is 0 Å². The van der Waals surface area contributed by atoms with Gasteiger partial charge in [-0.2, -0.15) is 0 Å². The normalized spacial score (nSPS) is 12.5. The molecule has 0 radical (unpaired) electrons. The number of thioether (sulfide) groups is 1. The Labute approximate surface area is 128 Å². The molecule has 2 aromatic carbocycles. The predicted octanol–water partition coefficient (Wildman–Crippen LogP) is 4.37. The molecule has 1 aromatic heterocycles. The first kappa shape index (κ1) is 14.1. The minimum absolute atomic E-state index is 0.506. The molecular formula is C18H17NOS. The van der Waals surface area contributed by atoms with E-state index >= 15 is 0 Å². The van der Waals surface area contributed by atoms with Crippen molar-refractivity contribution in [3.63, 3.8) is 0 Å². The number of aliphatic hydroxyl groups is 1. The van der Waals surface area contributed by atoms with Crippen LogP contribution in [0.2, 0.25) is 0 Å². The van der Waals surface area contributed by atoms with E-state index in [4.69, 9.17) is 0 Å². The van der Waals surface area contributed by atoms with Crippen molar-refractivity contribution < 1.29 is 5.11 Å². The fourth-order valence-corrected chi connectivity index (χ4v) is 3.05. The number of aliphatic hydroxyl groups excluding tert-OH is 1. The van der Waals surface area contributed by atoms with Crippen LogP contribution in [0.4, 0.5) is 0 Å². The Hall–Kier alpha value is -1.84. The summed E-state index contributed by atoms with van der Waals surface area (Å²) in [5.74, 6) is 0.628. The average Bonchev–Trinajstić information content (AvgIpc) is 2.53. The molecule has 0 aliphatic heterocycles. The van der Waals surface area contributed by atoms with Crippen molar-refractivity contribution >= 4 is 22.7 Å². The molecule has 0 fully saturated rings. The molecule has 0 saturated heterocycles. The molecule has 1 N–H and O–H groups in total. The summed E-state index contributed by atoms with van der Waals surface area (Å²) in [5.41, 5.74) is 3.08. The van der Waals surface area contributed by atoms with Crippen molar-refractivity contribution in [1.82, 2.24) is 4.98 Å². The number of rotatable bonds is 4. The van der Waals surface area contributed by atoms with Gasteiger partial charge in [0.05, 0.1) is 11.6 Å². The van der Waals surface area contributed by atoms with Gasteiger partial charge in [0.2, 0.25) is 0 Å². The van der Waals surface area contributed by atoms with Crippen molar-refractivity contribution in [2.24, 2.45) is 0 Å². The molecule has 2 nitrogen and oxygen atoms in total. The van der Waals surface area contributed by atoms with Crippen molar-refractivity contribution in [2.75, 3.05) is 5.75 Å². The lowest BCUT2D eigenvalue weighted by Gasteiger charge is -2.11. The fraction of sp³-hybridized carbons (Fsp3) is 0.167. The van der Waals surface area contributed by atoms with E-state index < -0.39 is 6.10 Å². The summed E-state index contributed by atoms with van der Waals surface area (Å²) in [6, 6.07) is 18.3. The molecule has 0 saturated carbocycles. The molecule has 0 bridgehead atoms. The molecule has 1 heterocycles. The SMILES string of the molecule is Cc1ccc(SCC(O)c2cnc3ccccc3c2)cc1. The van der Waals surface area contributed by atoms with E-state index in [1.165, 1.54) is 10.5 Å². The molecule has 1 unspecified atom stereocenters. The first-order valence-corrected chi connectivity index (χ1v) is 7.93. The van der Waals surface area contributed by atoms with E-state index in [0.29, 0.717) is 5.75 Å². The van der Waals surface area contributed by atoms with E-state index in [-0.39, 0.29) is 0 Å². The van der Waals surface area contributed by atoms with Gasteiger partial charge in [-0.15, -0.1) is 11.8 Å². The topological polar surface area (TPSA) is 33.1 Å². The summed E-state index contributed by atoms with van der Waals surface area (Å²) in [6.45, 7) is 2.07. The van der Waals surface area contributed by atoms with Gasteiger partial charge in [0.1, 0.15) is 0 Å². The zero-order chi connectivity index (χ0) is 14.7. The summed E-state index contributed by atoms with van der Waals surface area (Å²) in [7, 11) is 0. The summed E-state index contributed by atoms with van der Waals surface area (Å²) in [5, 5.41) is 11.4. The van der Waals surface area contributed by atoms with Gasteiger partial charge in [-0.25, -0.2) is 0 Å². The Kier molecular flexibility index (Phi) is 4.23. The summed E-state index contributed by atoms with van der Waals surface area (Å²) in [4.78, 5) is 5.57. The van der Waals surface area contributed by atoms with E-state index in [0.717, 1.165) is 16.5 Å². The smallest absolute Gasteiger partial charge is 0.0898 e. The number of benzene rings is 2. The summed E-state index contributed by atoms with van der Waals surface area (Å²) >= 11 is 1.66. The molecular weight excluding hydrogens is 278 g/mol. The highest BCUT2D eigenvalue weighted by Crippen LogP contribution is 2.26. The van der Waals surface area contributed by atoms with Crippen LogP contribution in [0.3, 0.4) is 0 Å². The van der Waals surface area contributed by atoms with Gasteiger partial charge < -0.3 is 5.11 Å². The molecule has 3 heteroatoms. The standard InChI is InChI=1S/C18H17NOS/c1-13-6-8-16(9-7-13)21-12-18(20)15-10-14-4-2-3-5-17(14)19-11-15/h2-11,18,20H,12H2,1H3. The highest BCUT2D eigenvalue weighted by Gasteiger charge is 2.09. The molecule has 0 aliphatic rings. The highest BCUT2D eigenvalue weighted by atomic mass is 32.2. The molecule has 0 amide bonds. The lowest BCUT2D eigenvalue weighted by atomic mass is 10.1. The Balaban J connectivity index is 1.71. The van der Waals surface area contributed by atoms with Crippen LogP contribution in [0.1, 0.15) is 17.2 Å². The molecule has 21 heavy (non-hydrogen) atoms. The Morgan fingerprint density at radius 1 is 1.10 bits per heavy atom. The minimum Gasteiger partial charge on any atom is -0.387 e. The number of hydrogen-bond acceptors (Lipinski definition) is 3. The van der Waals surface area contributed by atoms with E-state index in [2.05, 4.69) is 36.2 Å². The van der Waals surface area contributed by atoms with Gasteiger partial charge in [-0.05, 0) is 31.2 Å². The third kappa shape index (κ3) is 3.43. The maximum atomic E-state index is 10.3. The number of nitrogens with zero attached hydrogens (tertiary/aromatic N) is 1. The second kappa shape index (κ2) is 6.29.